The zero-order chi connectivity index (χ0) is 21.8. The van der Waals surface area contributed by atoms with E-state index < -0.39 is 0 Å². The molecule has 0 aliphatic carbocycles. The van der Waals surface area contributed by atoms with Gasteiger partial charge in [-0.25, -0.2) is 4.98 Å². The first-order chi connectivity index (χ1) is 15.1. The molecule has 0 spiro atoms. The van der Waals surface area contributed by atoms with E-state index in [0.29, 0.717) is 13.0 Å². The minimum absolute atomic E-state index is 0.0722. The Hall–Kier alpha value is -3.39. The monoisotopic (exact) mass is 436 g/mol. The number of ether oxygens (including phenoxy) is 2. The molecular weight excluding hydrogens is 412 g/mol. The average molecular weight is 437 g/mol. The largest absolute Gasteiger partial charge is 0.497 e. The van der Waals surface area contributed by atoms with Gasteiger partial charge in [-0.1, -0.05) is 0 Å². The summed E-state index contributed by atoms with van der Waals surface area (Å²) in [5.74, 6) is 1.53. The number of thiazole rings is 1. The number of hydrogen-bond donors (Lipinski definition) is 0. The topological polar surface area (TPSA) is 69.0 Å². The van der Waals surface area contributed by atoms with Crippen molar-refractivity contribution in [2.45, 2.75) is 12.8 Å². The van der Waals surface area contributed by atoms with Crippen LogP contribution in [0.25, 0.3) is 16.2 Å². The van der Waals surface area contributed by atoms with Crippen LogP contribution in [0.5, 0.6) is 11.5 Å². The third-order valence-electron chi connectivity index (χ3n) is 5.21. The summed E-state index contributed by atoms with van der Waals surface area (Å²) < 4.78 is 12.8. The molecule has 0 aliphatic rings. The number of carbonyl (C=O) groups is 1. The van der Waals surface area contributed by atoms with Crippen molar-refractivity contribution >= 4 is 22.2 Å². The number of nitrogens with zero attached hydrogens (tertiary/aromatic N) is 4. The van der Waals surface area contributed by atoms with Gasteiger partial charge in [0, 0.05) is 48.8 Å². The Labute approximate surface area is 184 Å². The van der Waals surface area contributed by atoms with Crippen LogP contribution in [-0.2, 0) is 17.6 Å². The number of amides is 1. The molecule has 0 saturated carbocycles. The molecule has 8 heteroatoms. The summed E-state index contributed by atoms with van der Waals surface area (Å²) in [4.78, 5) is 24.1. The Balaban J connectivity index is 1.51. The minimum atomic E-state index is 0.0722. The highest BCUT2D eigenvalue weighted by molar-refractivity contribution is 7.15. The number of imidazole rings is 1. The van der Waals surface area contributed by atoms with Crippen LogP contribution < -0.4 is 9.47 Å². The van der Waals surface area contributed by atoms with E-state index in [2.05, 4.69) is 4.98 Å². The first-order valence-corrected chi connectivity index (χ1v) is 10.8. The van der Waals surface area contributed by atoms with Gasteiger partial charge in [0.2, 0.25) is 5.91 Å². The zero-order valence-electron chi connectivity index (χ0n) is 17.7. The molecular formula is C23H24N4O3S. The summed E-state index contributed by atoms with van der Waals surface area (Å²) in [6.07, 6.45) is 6.61. The Morgan fingerprint density at radius 3 is 2.71 bits per heavy atom. The van der Waals surface area contributed by atoms with E-state index in [0.717, 1.165) is 39.8 Å². The second-order valence-electron chi connectivity index (χ2n) is 7.17. The highest BCUT2D eigenvalue weighted by Gasteiger charge is 2.17. The SMILES string of the molecule is COc1ccc(OC)c(-c2cn3c(CC(=O)N(C)CCc4ccncc4)csc3n2)c1. The van der Waals surface area contributed by atoms with Crippen molar-refractivity contribution in [3.63, 3.8) is 0 Å². The van der Waals surface area contributed by atoms with Crippen LogP contribution in [0, 0.1) is 0 Å². The van der Waals surface area contributed by atoms with Gasteiger partial charge in [-0.15, -0.1) is 11.3 Å². The first kappa shape index (κ1) is 20.9. The maximum atomic E-state index is 12.8. The van der Waals surface area contributed by atoms with Crippen LogP contribution in [0.2, 0.25) is 0 Å². The molecule has 4 aromatic rings. The van der Waals surface area contributed by atoms with Crippen LogP contribution in [-0.4, -0.2) is 53.0 Å². The van der Waals surface area contributed by atoms with Crippen LogP contribution in [0.1, 0.15) is 11.3 Å². The molecule has 31 heavy (non-hydrogen) atoms. The van der Waals surface area contributed by atoms with Gasteiger partial charge in [-0.05, 0) is 42.3 Å². The second kappa shape index (κ2) is 9.18. The van der Waals surface area contributed by atoms with Crippen molar-refractivity contribution in [1.82, 2.24) is 19.3 Å². The molecule has 4 rings (SSSR count). The Kier molecular flexibility index (Phi) is 6.18. The molecule has 1 amide bonds. The fraction of sp³-hybridized carbons (Fsp3) is 0.261. The maximum absolute atomic E-state index is 12.8. The van der Waals surface area contributed by atoms with Crippen LogP contribution in [0.3, 0.4) is 0 Å². The molecule has 0 aliphatic heterocycles. The van der Waals surface area contributed by atoms with Gasteiger partial charge in [0.25, 0.3) is 0 Å². The second-order valence-corrected chi connectivity index (χ2v) is 8.01. The number of fused-ring (bicyclic) bond motifs is 1. The van der Waals surface area contributed by atoms with Gasteiger partial charge in [0.1, 0.15) is 11.5 Å². The summed E-state index contributed by atoms with van der Waals surface area (Å²) in [5.41, 5.74) is 3.72. The molecule has 0 unspecified atom stereocenters. The average Bonchev–Trinajstić information content (AvgIpc) is 3.39. The first-order valence-electron chi connectivity index (χ1n) is 9.89. The van der Waals surface area contributed by atoms with E-state index in [-0.39, 0.29) is 5.91 Å². The molecule has 0 saturated heterocycles. The third-order valence-corrected chi connectivity index (χ3v) is 6.10. The number of methoxy groups -OCH3 is 2. The number of aromatic nitrogens is 3. The van der Waals surface area contributed by atoms with E-state index in [1.807, 2.05) is 53.4 Å². The molecule has 0 radical (unpaired) electrons. The normalized spacial score (nSPS) is 10.9. The molecule has 0 atom stereocenters. The number of hydrogen-bond acceptors (Lipinski definition) is 6. The number of carbonyl (C=O) groups excluding carboxylic acids is 1. The molecule has 0 fully saturated rings. The van der Waals surface area contributed by atoms with Crippen molar-refractivity contribution in [2.75, 3.05) is 27.8 Å². The fourth-order valence-corrected chi connectivity index (χ4v) is 4.23. The molecule has 3 heterocycles. The lowest BCUT2D eigenvalue weighted by Gasteiger charge is -2.17. The van der Waals surface area contributed by atoms with E-state index in [9.17, 15) is 4.79 Å². The smallest absolute Gasteiger partial charge is 0.228 e. The van der Waals surface area contributed by atoms with Crippen molar-refractivity contribution in [3.8, 4) is 22.8 Å². The summed E-state index contributed by atoms with van der Waals surface area (Å²) >= 11 is 1.52. The van der Waals surface area contributed by atoms with Gasteiger partial charge < -0.3 is 14.4 Å². The van der Waals surface area contributed by atoms with Gasteiger partial charge in [0.15, 0.2) is 4.96 Å². The fourth-order valence-electron chi connectivity index (χ4n) is 3.36. The highest BCUT2D eigenvalue weighted by atomic mass is 32.1. The number of pyridine rings is 1. The molecule has 1 aromatic carbocycles. The Morgan fingerprint density at radius 1 is 1.16 bits per heavy atom. The van der Waals surface area contributed by atoms with Crippen LogP contribution >= 0.6 is 11.3 Å². The molecule has 160 valence electrons. The van der Waals surface area contributed by atoms with Gasteiger partial charge in [-0.3, -0.25) is 14.2 Å². The Bertz CT molecular complexity index is 1190. The quantitative estimate of drug-likeness (QED) is 0.421. The van der Waals surface area contributed by atoms with Crippen molar-refractivity contribution in [1.29, 1.82) is 0 Å². The van der Waals surface area contributed by atoms with E-state index >= 15 is 0 Å². The summed E-state index contributed by atoms with van der Waals surface area (Å²) in [6.45, 7) is 0.659. The number of likely N-dealkylation sites (N-methyl/N-ethyl adjacent to an activating group) is 1. The van der Waals surface area contributed by atoms with Crippen molar-refractivity contribution in [3.05, 3.63) is 65.6 Å². The zero-order valence-corrected chi connectivity index (χ0v) is 18.6. The van der Waals surface area contributed by atoms with Gasteiger partial charge in [-0.2, -0.15) is 0 Å². The summed E-state index contributed by atoms with van der Waals surface area (Å²) in [7, 11) is 5.11. The standard InChI is InChI=1S/C23H24N4O3S/c1-26(11-8-16-6-9-24-10-7-16)22(28)12-17-15-31-23-25-20(14-27(17)23)19-13-18(29-2)4-5-21(19)30-3/h4-7,9-10,13-15H,8,11-12H2,1-3H3. The summed E-state index contributed by atoms with van der Waals surface area (Å²) in [6, 6.07) is 9.57. The van der Waals surface area contributed by atoms with E-state index in [1.54, 1.807) is 31.5 Å². The van der Waals surface area contributed by atoms with E-state index in [4.69, 9.17) is 14.5 Å². The lowest BCUT2D eigenvalue weighted by Crippen LogP contribution is -2.30. The third kappa shape index (κ3) is 4.54. The molecule has 3 aromatic heterocycles. The van der Waals surface area contributed by atoms with Crippen LogP contribution in [0.15, 0.2) is 54.3 Å². The molecule has 7 nitrogen and oxygen atoms in total. The van der Waals surface area contributed by atoms with Crippen LogP contribution in [0.4, 0.5) is 0 Å². The van der Waals surface area contributed by atoms with Crippen molar-refractivity contribution < 1.29 is 14.3 Å². The number of benzene rings is 1. The van der Waals surface area contributed by atoms with Gasteiger partial charge in [0.05, 0.1) is 26.3 Å². The Morgan fingerprint density at radius 2 is 1.97 bits per heavy atom. The van der Waals surface area contributed by atoms with Gasteiger partial charge >= 0.3 is 0 Å². The van der Waals surface area contributed by atoms with Crippen molar-refractivity contribution in [2.24, 2.45) is 0 Å². The predicted molar refractivity (Wildman–Crippen MR) is 121 cm³/mol. The predicted octanol–water partition coefficient (Wildman–Crippen LogP) is 3.72. The summed E-state index contributed by atoms with van der Waals surface area (Å²) in [5, 5.41) is 1.99. The molecule has 0 N–H and O–H groups in total. The highest BCUT2D eigenvalue weighted by Crippen LogP contribution is 2.34. The minimum Gasteiger partial charge on any atom is -0.497 e. The van der Waals surface area contributed by atoms with E-state index in [1.165, 1.54) is 16.9 Å². The lowest BCUT2D eigenvalue weighted by atomic mass is 10.1. The number of rotatable bonds is 8. The molecule has 0 bridgehead atoms. The maximum Gasteiger partial charge on any atom is 0.228 e. The lowest BCUT2D eigenvalue weighted by molar-refractivity contribution is -0.129.